The second-order valence-electron chi connectivity index (χ2n) is 10.7. The van der Waals surface area contributed by atoms with Gasteiger partial charge in [0.2, 0.25) is 0 Å². The van der Waals surface area contributed by atoms with Crippen molar-refractivity contribution >= 4 is 0 Å². The molecule has 48 heavy (non-hydrogen) atoms. The van der Waals surface area contributed by atoms with Crippen LogP contribution >= 0.6 is 0 Å². The number of hydrogen-bond acceptors (Lipinski definition) is 13. The third-order valence-corrected chi connectivity index (χ3v) is 6.50. The smallest absolute Gasteiger partial charge is 0.0701 e. The fourth-order valence-corrected chi connectivity index (χ4v) is 3.80. The van der Waals surface area contributed by atoms with Gasteiger partial charge in [0.05, 0.1) is 159 Å². The average molecular weight is 701 g/mol. The zero-order chi connectivity index (χ0) is 34.5. The lowest BCUT2D eigenvalue weighted by Gasteiger charge is -2.09. The first-order chi connectivity index (χ1) is 23.9. The standard InChI is InChI=1S/C35H72O13/c1-3-5-7-8-9-11-37-13-15-39-17-19-41-21-23-43-25-27-45-29-31-47-33-35-48-34-32-46-30-28-44-26-24-42-22-20-40-18-16-38-14-12-36-10-6-4-2/h3-35H2,1-2H3. The van der Waals surface area contributed by atoms with Crippen molar-refractivity contribution in [3.8, 4) is 0 Å². The molecule has 0 atom stereocenters. The number of ether oxygens (including phenoxy) is 13. The van der Waals surface area contributed by atoms with Gasteiger partial charge in [-0.2, -0.15) is 0 Å². The maximum atomic E-state index is 5.56. The highest BCUT2D eigenvalue weighted by molar-refractivity contribution is 4.43. The van der Waals surface area contributed by atoms with Gasteiger partial charge >= 0.3 is 0 Å². The van der Waals surface area contributed by atoms with Crippen molar-refractivity contribution in [2.24, 2.45) is 0 Å². The zero-order valence-electron chi connectivity index (χ0n) is 30.6. The Kier molecular flexibility index (Phi) is 46.0. The summed E-state index contributed by atoms with van der Waals surface area (Å²) < 4.78 is 71.3. The fourth-order valence-electron chi connectivity index (χ4n) is 3.80. The van der Waals surface area contributed by atoms with Crippen LogP contribution in [0.15, 0.2) is 0 Å². The highest BCUT2D eigenvalue weighted by atomic mass is 16.6. The van der Waals surface area contributed by atoms with Gasteiger partial charge in [-0.3, -0.25) is 0 Å². The Morgan fingerprint density at radius 1 is 0.167 bits per heavy atom. The molecule has 0 amide bonds. The number of unbranched alkanes of at least 4 members (excludes halogenated alkanes) is 5. The molecule has 13 nitrogen and oxygen atoms in total. The average Bonchev–Trinajstić information content (AvgIpc) is 3.10. The Labute approximate surface area is 292 Å². The second-order valence-corrected chi connectivity index (χ2v) is 10.7. The van der Waals surface area contributed by atoms with Crippen LogP contribution in [0.1, 0.15) is 58.8 Å². The van der Waals surface area contributed by atoms with Crippen molar-refractivity contribution in [1.82, 2.24) is 0 Å². The van der Waals surface area contributed by atoms with E-state index in [-0.39, 0.29) is 0 Å². The van der Waals surface area contributed by atoms with E-state index in [9.17, 15) is 0 Å². The van der Waals surface area contributed by atoms with Gasteiger partial charge < -0.3 is 61.6 Å². The van der Waals surface area contributed by atoms with E-state index in [0.717, 1.165) is 32.5 Å². The first-order valence-corrected chi connectivity index (χ1v) is 18.4. The molecule has 0 N–H and O–H groups in total. The van der Waals surface area contributed by atoms with Gasteiger partial charge in [-0.1, -0.05) is 46.0 Å². The van der Waals surface area contributed by atoms with Crippen LogP contribution in [-0.4, -0.2) is 172 Å². The van der Waals surface area contributed by atoms with Crippen LogP contribution in [0.5, 0.6) is 0 Å². The summed E-state index contributed by atoms with van der Waals surface area (Å²) in [5.74, 6) is 0. The van der Waals surface area contributed by atoms with E-state index < -0.39 is 0 Å². The minimum atomic E-state index is 0.517. The fraction of sp³-hybridized carbons (Fsp3) is 1.00. The van der Waals surface area contributed by atoms with Crippen LogP contribution < -0.4 is 0 Å². The SMILES string of the molecule is CCCCCCCOCCOCCOCCOCCOCCOCCOCCOCCOCCOCCOCCOCCOCCCC. The minimum Gasteiger partial charge on any atom is -0.379 e. The summed E-state index contributed by atoms with van der Waals surface area (Å²) in [4.78, 5) is 0. The highest BCUT2D eigenvalue weighted by Gasteiger charge is 1.97. The van der Waals surface area contributed by atoms with Crippen molar-refractivity contribution < 1.29 is 61.6 Å². The number of rotatable bonds is 45. The molecule has 13 heteroatoms. The van der Waals surface area contributed by atoms with Gasteiger partial charge in [-0.15, -0.1) is 0 Å². The van der Waals surface area contributed by atoms with E-state index >= 15 is 0 Å². The Morgan fingerprint density at radius 2 is 0.333 bits per heavy atom. The molecule has 0 radical (unpaired) electrons. The minimum absolute atomic E-state index is 0.517. The van der Waals surface area contributed by atoms with E-state index in [0.29, 0.717) is 159 Å². The third kappa shape index (κ3) is 45.5. The summed E-state index contributed by atoms with van der Waals surface area (Å²) in [5, 5.41) is 0. The molecule has 0 aliphatic carbocycles. The molecule has 0 unspecified atom stereocenters. The van der Waals surface area contributed by atoms with Gasteiger partial charge in [0.1, 0.15) is 0 Å². The van der Waals surface area contributed by atoms with E-state index in [4.69, 9.17) is 61.6 Å². The molecule has 0 aliphatic heterocycles. The predicted molar refractivity (Wildman–Crippen MR) is 184 cm³/mol. The lowest BCUT2D eigenvalue weighted by molar-refractivity contribution is -0.0290. The van der Waals surface area contributed by atoms with Gasteiger partial charge in [0.15, 0.2) is 0 Å². The lowest BCUT2D eigenvalue weighted by Crippen LogP contribution is -2.15. The first-order valence-electron chi connectivity index (χ1n) is 18.4. The van der Waals surface area contributed by atoms with E-state index in [1.165, 1.54) is 25.7 Å². The Bertz CT molecular complexity index is 503. The van der Waals surface area contributed by atoms with Crippen molar-refractivity contribution in [3.05, 3.63) is 0 Å². The molecule has 290 valence electrons. The van der Waals surface area contributed by atoms with E-state index in [2.05, 4.69) is 13.8 Å². The maximum Gasteiger partial charge on any atom is 0.0701 e. The topological polar surface area (TPSA) is 120 Å². The first kappa shape index (κ1) is 47.5. The molecule has 0 aromatic carbocycles. The third-order valence-electron chi connectivity index (χ3n) is 6.50. The predicted octanol–water partition coefficient (Wildman–Crippen LogP) is 3.97. The lowest BCUT2D eigenvalue weighted by atomic mass is 10.2. The van der Waals surface area contributed by atoms with Gasteiger partial charge in [-0.05, 0) is 12.8 Å². The van der Waals surface area contributed by atoms with Crippen molar-refractivity contribution in [2.45, 2.75) is 58.8 Å². The van der Waals surface area contributed by atoms with Crippen LogP contribution in [0, 0.1) is 0 Å². The Morgan fingerprint density at radius 3 is 0.542 bits per heavy atom. The summed E-state index contributed by atoms with van der Waals surface area (Å²) in [6, 6.07) is 0. The van der Waals surface area contributed by atoms with E-state index in [1.807, 2.05) is 0 Å². The molecular weight excluding hydrogens is 628 g/mol. The summed E-state index contributed by atoms with van der Waals surface area (Å²) in [6.07, 6.45) is 8.52. The molecule has 0 fully saturated rings. The molecule has 0 saturated heterocycles. The summed E-state index contributed by atoms with van der Waals surface area (Å²) in [6.45, 7) is 19.2. The summed E-state index contributed by atoms with van der Waals surface area (Å²) in [7, 11) is 0. The van der Waals surface area contributed by atoms with Crippen LogP contribution in [0.4, 0.5) is 0 Å². The van der Waals surface area contributed by atoms with Crippen molar-refractivity contribution in [2.75, 3.05) is 172 Å². The second kappa shape index (κ2) is 46.5. The maximum absolute atomic E-state index is 5.56. The largest absolute Gasteiger partial charge is 0.379 e. The highest BCUT2D eigenvalue weighted by Crippen LogP contribution is 2.02. The van der Waals surface area contributed by atoms with Crippen LogP contribution in [-0.2, 0) is 61.6 Å². The zero-order valence-corrected chi connectivity index (χ0v) is 30.6. The van der Waals surface area contributed by atoms with Crippen LogP contribution in [0.25, 0.3) is 0 Å². The quantitative estimate of drug-likeness (QED) is 0.0854. The molecule has 0 rings (SSSR count). The Hall–Kier alpha value is -0.520. The van der Waals surface area contributed by atoms with Gasteiger partial charge in [0.25, 0.3) is 0 Å². The molecule has 0 aromatic rings. The monoisotopic (exact) mass is 700 g/mol. The normalized spacial score (nSPS) is 11.6. The molecule has 0 heterocycles. The van der Waals surface area contributed by atoms with Crippen molar-refractivity contribution in [1.29, 1.82) is 0 Å². The molecule has 0 saturated carbocycles. The number of hydrogen-bond donors (Lipinski definition) is 0. The molecule has 0 bridgehead atoms. The van der Waals surface area contributed by atoms with Crippen molar-refractivity contribution in [3.63, 3.8) is 0 Å². The van der Waals surface area contributed by atoms with Gasteiger partial charge in [0, 0.05) is 13.2 Å². The molecular formula is C35H72O13. The molecule has 0 spiro atoms. The molecule has 0 aromatic heterocycles. The van der Waals surface area contributed by atoms with Crippen LogP contribution in [0.2, 0.25) is 0 Å². The summed E-state index contributed by atoms with van der Waals surface area (Å²) in [5.41, 5.74) is 0. The summed E-state index contributed by atoms with van der Waals surface area (Å²) >= 11 is 0. The Balaban J connectivity index is 3.04. The van der Waals surface area contributed by atoms with Gasteiger partial charge in [-0.25, -0.2) is 0 Å². The van der Waals surface area contributed by atoms with Crippen LogP contribution in [0.3, 0.4) is 0 Å². The van der Waals surface area contributed by atoms with E-state index in [1.54, 1.807) is 0 Å². The molecule has 0 aliphatic rings.